The van der Waals surface area contributed by atoms with Gasteiger partial charge in [0.05, 0.1) is 12.6 Å². The first-order valence-corrected chi connectivity index (χ1v) is 4.69. The van der Waals surface area contributed by atoms with E-state index < -0.39 is 0 Å². The van der Waals surface area contributed by atoms with E-state index in [-0.39, 0.29) is 0 Å². The summed E-state index contributed by atoms with van der Waals surface area (Å²) in [5.74, 6) is 0.846. The molecule has 2 nitrogen and oxygen atoms in total. The van der Waals surface area contributed by atoms with Crippen LogP contribution in [-0.4, -0.2) is 12.1 Å². The van der Waals surface area contributed by atoms with E-state index in [0.29, 0.717) is 5.15 Å². The van der Waals surface area contributed by atoms with Crippen molar-refractivity contribution in [1.82, 2.24) is 4.98 Å². The minimum Gasteiger partial charge on any atom is -0.497 e. The van der Waals surface area contributed by atoms with Gasteiger partial charge in [-0.05, 0) is 36.8 Å². The standard InChI is InChI=1S/C11H10ClNO/c1-7-5-9(14-2)6-8-3-4-10(12)13-11(7)8/h3-6H,1-2H3. The minimum absolute atomic E-state index is 0.519. The third-order valence-electron chi connectivity index (χ3n) is 2.16. The van der Waals surface area contributed by atoms with Crippen LogP contribution in [0.1, 0.15) is 5.56 Å². The van der Waals surface area contributed by atoms with Crippen molar-refractivity contribution < 1.29 is 4.74 Å². The number of aryl methyl sites for hydroxylation is 1. The Morgan fingerprint density at radius 1 is 1.29 bits per heavy atom. The summed E-state index contributed by atoms with van der Waals surface area (Å²) in [6.07, 6.45) is 0. The van der Waals surface area contributed by atoms with Gasteiger partial charge in [-0.1, -0.05) is 11.6 Å². The highest BCUT2D eigenvalue weighted by molar-refractivity contribution is 6.29. The number of halogens is 1. The van der Waals surface area contributed by atoms with E-state index in [4.69, 9.17) is 16.3 Å². The molecule has 0 saturated heterocycles. The Bertz CT molecular complexity index is 482. The summed E-state index contributed by atoms with van der Waals surface area (Å²) in [4.78, 5) is 4.26. The number of rotatable bonds is 1. The molecule has 0 N–H and O–H groups in total. The monoisotopic (exact) mass is 207 g/mol. The number of aromatic nitrogens is 1. The smallest absolute Gasteiger partial charge is 0.129 e. The Labute approximate surface area is 87.5 Å². The van der Waals surface area contributed by atoms with Crippen molar-refractivity contribution in [2.24, 2.45) is 0 Å². The van der Waals surface area contributed by atoms with E-state index >= 15 is 0 Å². The zero-order chi connectivity index (χ0) is 10.1. The number of pyridine rings is 1. The fraction of sp³-hybridized carbons (Fsp3) is 0.182. The van der Waals surface area contributed by atoms with Crippen molar-refractivity contribution in [3.8, 4) is 5.75 Å². The van der Waals surface area contributed by atoms with Crippen LogP contribution in [-0.2, 0) is 0 Å². The summed E-state index contributed by atoms with van der Waals surface area (Å²) in [6.45, 7) is 1.99. The van der Waals surface area contributed by atoms with Crippen LogP contribution < -0.4 is 4.74 Å². The van der Waals surface area contributed by atoms with Gasteiger partial charge in [-0.2, -0.15) is 0 Å². The molecule has 0 radical (unpaired) electrons. The van der Waals surface area contributed by atoms with Crippen LogP contribution in [0.15, 0.2) is 24.3 Å². The molecule has 1 aromatic heterocycles. The van der Waals surface area contributed by atoms with Crippen LogP contribution >= 0.6 is 11.6 Å². The molecular weight excluding hydrogens is 198 g/mol. The lowest BCUT2D eigenvalue weighted by Crippen LogP contribution is -1.88. The predicted molar refractivity (Wildman–Crippen MR) is 58.0 cm³/mol. The Kier molecular flexibility index (Phi) is 2.30. The third kappa shape index (κ3) is 1.53. The van der Waals surface area contributed by atoms with E-state index in [9.17, 15) is 0 Å². The highest BCUT2D eigenvalue weighted by Crippen LogP contribution is 2.24. The lowest BCUT2D eigenvalue weighted by atomic mass is 10.1. The highest BCUT2D eigenvalue weighted by Gasteiger charge is 2.02. The average molecular weight is 208 g/mol. The van der Waals surface area contributed by atoms with Gasteiger partial charge in [0, 0.05) is 5.39 Å². The number of hydrogen-bond acceptors (Lipinski definition) is 2. The van der Waals surface area contributed by atoms with E-state index in [1.165, 1.54) is 0 Å². The molecule has 2 aromatic rings. The molecule has 0 spiro atoms. The van der Waals surface area contributed by atoms with Crippen molar-refractivity contribution in [2.75, 3.05) is 7.11 Å². The van der Waals surface area contributed by atoms with Crippen LogP contribution in [0.5, 0.6) is 5.75 Å². The Hall–Kier alpha value is -1.28. The topological polar surface area (TPSA) is 22.1 Å². The van der Waals surface area contributed by atoms with Gasteiger partial charge in [-0.15, -0.1) is 0 Å². The quantitative estimate of drug-likeness (QED) is 0.670. The molecule has 0 aliphatic carbocycles. The maximum atomic E-state index is 5.82. The molecule has 0 amide bonds. The lowest BCUT2D eigenvalue weighted by molar-refractivity contribution is 0.415. The molecule has 72 valence electrons. The summed E-state index contributed by atoms with van der Waals surface area (Å²) in [5, 5.41) is 1.57. The van der Waals surface area contributed by atoms with Gasteiger partial charge >= 0.3 is 0 Å². The molecule has 0 bridgehead atoms. The number of fused-ring (bicyclic) bond motifs is 1. The van der Waals surface area contributed by atoms with Crippen molar-refractivity contribution in [1.29, 1.82) is 0 Å². The molecule has 0 fully saturated rings. The molecular formula is C11H10ClNO. The van der Waals surface area contributed by atoms with Gasteiger partial charge in [0.25, 0.3) is 0 Å². The second kappa shape index (κ2) is 3.46. The maximum Gasteiger partial charge on any atom is 0.129 e. The molecule has 0 saturated carbocycles. The molecule has 14 heavy (non-hydrogen) atoms. The number of hydrogen-bond donors (Lipinski definition) is 0. The van der Waals surface area contributed by atoms with Crippen LogP contribution in [0.4, 0.5) is 0 Å². The van der Waals surface area contributed by atoms with E-state index in [1.807, 2.05) is 25.1 Å². The van der Waals surface area contributed by atoms with Gasteiger partial charge in [-0.3, -0.25) is 0 Å². The first-order valence-electron chi connectivity index (χ1n) is 4.31. The zero-order valence-electron chi connectivity index (χ0n) is 8.04. The van der Waals surface area contributed by atoms with E-state index in [0.717, 1.165) is 22.2 Å². The second-order valence-corrected chi connectivity index (χ2v) is 3.54. The molecule has 0 atom stereocenters. The van der Waals surface area contributed by atoms with Crippen molar-refractivity contribution >= 4 is 22.5 Å². The number of benzene rings is 1. The molecule has 1 heterocycles. The van der Waals surface area contributed by atoms with Crippen LogP contribution in [0.3, 0.4) is 0 Å². The average Bonchev–Trinajstić information content (AvgIpc) is 2.19. The summed E-state index contributed by atoms with van der Waals surface area (Å²) in [5.41, 5.74) is 2.00. The number of ether oxygens (including phenoxy) is 1. The van der Waals surface area contributed by atoms with Gasteiger partial charge in [0.1, 0.15) is 10.9 Å². The second-order valence-electron chi connectivity index (χ2n) is 3.15. The van der Waals surface area contributed by atoms with Crippen molar-refractivity contribution in [3.05, 3.63) is 35.0 Å². The third-order valence-corrected chi connectivity index (χ3v) is 2.37. The summed E-state index contributed by atoms with van der Waals surface area (Å²) < 4.78 is 5.17. The summed E-state index contributed by atoms with van der Waals surface area (Å²) in [6, 6.07) is 7.63. The fourth-order valence-corrected chi connectivity index (χ4v) is 1.62. The van der Waals surface area contributed by atoms with Crippen molar-refractivity contribution in [2.45, 2.75) is 6.92 Å². The lowest BCUT2D eigenvalue weighted by Gasteiger charge is -2.05. The van der Waals surface area contributed by atoms with Crippen molar-refractivity contribution in [3.63, 3.8) is 0 Å². The van der Waals surface area contributed by atoms with Gasteiger partial charge in [0.2, 0.25) is 0 Å². The SMILES string of the molecule is COc1cc(C)c2nc(Cl)ccc2c1. The van der Waals surface area contributed by atoms with E-state index in [2.05, 4.69) is 4.98 Å². The number of nitrogens with zero attached hydrogens (tertiary/aromatic N) is 1. The molecule has 2 rings (SSSR count). The van der Waals surface area contributed by atoms with Crippen LogP contribution in [0, 0.1) is 6.92 Å². The Morgan fingerprint density at radius 2 is 2.07 bits per heavy atom. The summed E-state index contributed by atoms with van der Waals surface area (Å²) in [7, 11) is 1.66. The maximum absolute atomic E-state index is 5.82. The molecule has 3 heteroatoms. The zero-order valence-corrected chi connectivity index (χ0v) is 8.80. The fourth-order valence-electron chi connectivity index (χ4n) is 1.47. The number of methoxy groups -OCH3 is 1. The summed E-state index contributed by atoms with van der Waals surface area (Å²) >= 11 is 5.82. The largest absolute Gasteiger partial charge is 0.497 e. The Balaban J connectivity index is 2.76. The molecule has 1 aromatic carbocycles. The van der Waals surface area contributed by atoms with Crippen LogP contribution in [0.25, 0.3) is 10.9 Å². The van der Waals surface area contributed by atoms with Gasteiger partial charge in [-0.25, -0.2) is 4.98 Å². The van der Waals surface area contributed by atoms with E-state index in [1.54, 1.807) is 13.2 Å². The first-order chi connectivity index (χ1) is 6.70. The minimum atomic E-state index is 0.519. The van der Waals surface area contributed by atoms with Gasteiger partial charge < -0.3 is 4.74 Å². The van der Waals surface area contributed by atoms with Gasteiger partial charge in [0.15, 0.2) is 0 Å². The predicted octanol–water partition coefficient (Wildman–Crippen LogP) is 3.21. The molecule has 0 aliphatic heterocycles. The normalized spacial score (nSPS) is 10.5. The Morgan fingerprint density at radius 3 is 2.79 bits per heavy atom. The van der Waals surface area contributed by atoms with Crippen LogP contribution in [0.2, 0.25) is 5.15 Å². The molecule has 0 aliphatic rings. The highest BCUT2D eigenvalue weighted by atomic mass is 35.5. The first kappa shape index (κ1) is 9.28. The molecule has 0 unspecified atom stereocenters.